The third-order valence-electron chi connectivity index (χ3n) is 8.79. The van der Waals surface area contributed by atoms with Crippen LogP contribution in [0.1, 0.15) is 51.2 Å². The molecule has 3 aromatic rings. The molecular weight excluding hydrogens is 634 g/mol. The lowest BCUT2D eigenvalue weighted by Gasteiger charge is -2.35. The van der Waals surface area contributed by atoms with Gasteiger partial charge in [-0.1, -0.05) is 37.1 Å². The molecule has 1 fully saturated rings. The van der Waals surface area contributed by atoms with Gasteiger partial charge in [-0.25, -0.2) is 13.4 Å². The number of ether oxygens (including phenoxy) is 1. The first-order valence-corrected chi connectivity index (χ1v) is 18.6. The van der Waals surface area contributed by atoms with Crippen molar-refractivity contribution in [1.82, 2.24) is 24.7 Å². The Labute approximate surface area is 286 Å². The van der Waals surface area contributed by atoms with Crippen LogP contribution in [-0.2, 0) is 16.3 Å². The van der Waals surface area contributed by atoms with Crippen molar-refractivity contribution >= 4 is 44.6 Å². The SMILES string of the molecule is CCCCN1CCN(CCCN(C)CCc2cc(OC)c(Nc3ncc(Cl)c(Nc4ccccc4S(=O)(=O)C(C)C)n3)cc2C)CC1. The quantitative estimate of drug-likeness (QED) is 0.166. The van der Waals surface area contributed by atoms with Gasteiger partial charge in [0.15, 0.2) is 15.7 Å². The number of aromatic nitrogens is 2. The molecule has 2 heterocycles. The minimum absolute atomic E-state index is 0.189. The van der Waals surface area contributed by atoms with Crippen LogP contribution in [0.2, 0.25) is 5.02 Å². The summed E-state index contributed by atoms with van der Waals surface area (Å²) in [6.07, 6.45) is 6.14. The smallest absolute Gasteiger partial charge is 0.229 e. The van der Waals surface area contributed by atoms with Crippen molar-refractivity contribution in [2.24, 2.45) is 0 Å². The zero-order valence-corrected chi connectivity index (χ0v) is 30.4. The number of methoxy groups -OCH3 is 1. The number of aryl methyl sites for hydroxylation is 1. The fourth-order valence-corrected chi connectivity index (χ4v) is 7.05. The van der Waals surface area contributed by atoms with Crippen LogP contribution in [-0.4, -0.2) is 105 Å². The van der Waals surface area contributed by atoms with E-state index in [0.717, 1.165) is 37.3 Å². The molecule has 1 aliphatic rings. The Kier molecular flexibility index (Phi) is 13.7. The molecule has 0 amide bonds. The van der Waals surface area contributed by atoms with Crippen LogP contribution in [0.25, 0.3) is 0 Å². The molecular formula is C35H52ClN7O3S. The number of nitrogens with one attached hydrogen (secondary N) is 2. The molecule has 0 unspecified atom stereocenters. The Balaban J connectivity index is 1.35. The molecule has 1 saturated heterocycles. The summed E-state index contributed by atoms with van der Waals surface area (Å²) in [5.41, 5.74) is 3.50. The lowest BCUT2D eigenvalue weighted by atomic mass is 10.0. The monoisotopic (exact) mass is 685 g/mol. The maximum Gasteiger partial charge on any atom is 0.229 e. The van der Waals surface area contributed by atoms with Crippen molar-refractivity contribution in [2.75, 3.05) is 77.1 Å². The zero-order valence-electron chi connectivity index (χ0n) is 28.9. The first kappa shape index (κ1) is 36.9. The van der Waals surface area contributed by atoms with Gasteiger partial charge in [0.1, 0.15) is 10.8 Å². The van der Waals surface area contributed by atoms with Gasteiger partial charge in [-0.2, -0.15) is 4.98 Å². The van der Waals surface area contributed by atoms with Gasteiger partial charge in [0.05, 0.1) is 34.8 Å². The predicted octanol–water partition coefficient (Wildman–Crippen LogP) is 6.40. The number of likely N-dealkylation sites (N-methyl/N-ethyl adjacent to an activating group) is 1. The van der Waals surface area contributed by atoms with Crippen LogP contribution >= 0.6 is 11.6 Å². The molecule has 4 rings (SSSR count). The summed E-state index contributed by atoms with van der Waals surface area (Å²) in [5, 5.41) is 6.05. The molecule has 0 saturated carbocycles. The van der Waals surface area contributed by atoms with Gasteiger partial charge in [0, 0.05) is 32.7 Å². The van der Waals surface area contributed by atoms with Gasteiger partial charge < -0.3 is 30.1 Å². The standard InChI is InChI=1S/C35H52ClN7O3S/c1-7-8-16-42-19-21-43(22-20-42)17-11-15-41(5)18-14-28-24-32(46-6)31(23-27(28)4)39-35-37-25-29(36)34(40-35)38-30-12-9-10-13-33(30)47(44,45)26(2)3/h9-10,12-13,23-26H,7-8,11,14-22H2,1-6H3,(H2,37,38,39,40). The zero-order chi connectivity index (χ0) is 34.0. The normalized spacial score (nSPS) is 14.6. The molecule has 1 aliphatic heterocycles. The van der Waals surface area contributed by atoms with Crippen molar-refractivity contribution in [3.8, 4) is 5.75 Å². The molecule has 0 aliphatic carbocycles. The largest absolute Gasteiger partial charge is 0.495 e. The summed E-state index contributed by atoms with van der Waals surface area (Å²) in [6.45, 7) is 16.9. The number of anilines is 4. The fraction of sp³-hybridized carbons (Fsp3) is 0.543. The molecule has 0 radical (unpaired) electrons. The predicted molar refractivity (Wildman–Crippen MR) is 194 cm³/mol. The number of hydrogen-bond acceptors (Lipinski definition) is 10. The van der Waals surface area contributed by atoms with E-state index in [1.807, 2.05) is 6.07 Å². The molecule has 12 heteroatoms. The van der Waals surface area contributed by atoms with Crippen LogP contribution in [0.15, 0.2) is 47.5 Å². The number of rotatable bonds is 17. The number of piperazine rings is 1. The van der Waals surface area contributed by atoms with Crippen molar-refractivity contribution < 1.29 is 13.2 Å². The van der Waals surface area contributed by atoms with E-state index in [2.05, 4.69) is 62.3 Å². The van der Waals surface area contributed by atoms with E-state index in [0.29, 0.717) is 23.2 Å². The highest BCUT2D eigenvalue weighted by Crippen LogP contribution is 2.33. The third kappa shape index (κ3) is 10.3. The molecule has 2 aromatic carbocycles. The second-order valence-corrected chi connectivity index (χ2v) is 15.5. The van der Waals surface area contributed by atoms with E-state index in [-0.39, 0.29) is 9.92 Å². The summed E-state index contributed by atoms with van der Waals surface area (Å²) in [6, 6.07) is 10.9. The number of benzene rings is 2. The Bertz CT molecular complexity index is 1560. The number of hydrogen-bond donors (Lipinski definition) is 2. The Morgan fingerprint density at radius 3 is 2.34 bits per heavy atom. The van der Waals surface area contributed by atoms with Crippen molar-refractivity contribution in [2.45, 2.75) is 63.5 Å². The molecule has 47 heavy (non-hydrogen) atoms. The minimum Gasteiger partial charge on any atom is -0.495 e. The number of para-hydroxylation sites is 1. The summed E-state index contributed by atoms with van der Waals surface area (Å²) < 4.78 is 31.7. The van der Waals surface area contributed by atoms with Gasteiger partial charge in [-0.3, -0.25) is 0 Å². The van der Waals surface area contributed by atoms with E-state index in [4.69, 9.17) is 16.3 Å². The number of halogens is 1. The number of unbranched alkanes of at least 4 members (excludes halogenated alkanes) is 1. The summed E-state index contributed by atoms with van der Waals surface area (Å²) in [7, 11) is 0.321. The first-order chi connectivity index (χ1) is 22.5. The van der Waals surface area contributed by atoms with Gasteiger partial charge in [0.2, 0.25) is 5.95 Å². The van der Waals surface area contributed by atoms with Crippen LogP contribution in [0.5, 0.6) is 5.75 Å². The van der Waals surface area contributed by atoms with Gasteiger partial charge in [-0.15, -0.1) is 0 Å². The van der Waals surface area contributed by atoms with E-state index in [9.17, 15) is 8.42 Å². The van der Waals surface area contributed by atoms with Crippen molar-refractivity contribution in [3.05, 3.63) is 58.7 Å². The van der Waals surface area contributed by atoms with Crippen molar-refractivity contribution in [1.29, 1.82) is 0 Å². The van der Waals surface area contributed by atoms with Crippen LogP contribution < -0.4 is 15.4 Å². The van der Waals surface area contributed by atoms with E-state index in [1.54, 1.807) is 45.2 Å². The fourth-order valence-electron chi connectivity index (χ4n) is 5.71. The lowest BCUT2D eigenvalue weighted by molar-refractivity contribution is 0.127. The van der Waals surface area contributed by atoms with Gasteiger partial charge in [0.25, 0.3) is 0 Å². The minimum atomic E-state index is -3.53. The maximum atomic E-state index is 13.0. The topological polar surface area (TPSA) is 103 Å². The highest BCUT2D eigenvalue weighted by molar-refractivity contribution is 7.92. The van der Waals surface area contributed by atoms with E-state index in [1.165, 1.54) is 63.7 Å². The van der Waals surface area contributed by atoms with E-state index < -0.39 is 15.1 Å². The Morgan fingerprint density at radius 1 is 1.00 bits per heavy atom. The molecule has 2 N–H and O–H groups in total. The molecule has 0 spiro atoms. The molecule has 1 aromatic heterocycles. The molecule has 10 nitrogen and oxygen atoms in total. The Morgan fingerprint density at radius 2 is 1.68 bits per heavy atom. The second-order valence-electron chi connectivity index (χ2n) is 12.7. The lowest BCUT2D eigenvalue weighted by Crippen LogP contribution is -2.47. The van der Waals surface area contributed by atoms with E-state index >= 15 is 0 Å². The van der Waals surface area contributed by atoms with Crippen LogP contribution in [0.3, 0.4) is 0 Å². The third-order valence-corrected chi connectivity index (χ3v) is 11.3. The van der Waals surface area contributed by atoms with Crippen LogP contribution in [0.4, 0.5) is 23.1 Å². The second kappa shape index (κ2) is 17.4. The van der Waals surface area contributed by atoms with Crippen molar-refractivity contribution in [3.63, 3.8) is 0 Å². The molecule has 0 bridgehead atoms. The maximum absolute atomic E-state index is 13.0. The molecule has 258 valence electrons. The first-order valence-electron chi connectivity index (χ1n) is 16.7. The summed E-state index contributed by atoms with van der Waals surface area (Å²) in [4.78, 5) is 16.7. The average molecular weight is 686 g/mol. The Hall–Kier alpha value is -2.96. The highest BCUT2D eigenvalue weighted by atomic mass is 35.5. The number of sulfone groups is 1. The summed E-state index contributed by atoms with van der Waals surface area (Å²) >= 11 is 6.44. The summed E-state index contributed by atoms with van der Waals surface area (Å²) in [5.74, 6) is 1.28. The average Bonchev–Trinajstić information content (AvgIpc) is 3.05. The molecule has 0 atom stereocenters. The van der Waals surface area contributed by atoms with Crippen LogP contribution in [0, 0.1) is 6.92 Å². The van der Waals surface area contributed by atoms with Gasteiger partial charge >= 0.3 is 0 Å². The van der Waals surface area contributed by atoms with Gasteiger partial charge in [-0.05, 0) is 102 Å². The number of nitrogens with zero attached hydrogens (tertiary/aromatic N) is 5. The highest BCUT2D eigenvalue weighted by Gasteiger charge is 2.23.